The number of hydrogen-bond donors (Lipinski definition) is 1. The first-order valence-electron chi connectivity index (χ1n) is 11.7. The van der Waals surface area contributed by atoms with Gasteiger partial charge in [-0.2, -0.15) is 0 Å². The average molecular weight is 463 g/mol. The molecular formula is C26H34N6O2. The molecule has 1 N–H and O–H groups in total. The van der Waals surface area contributed by atoms with E-state index in [0.717, 1.165) is 33.6 Å². The van der Waals surface area contributed by atoms with E-state index in [0.29, 0.717) is 18.7 Å². The number of aryl methyl sites for hydroxylation is 2. The molecule has 3 heterocycles. The summed E-state index contributed by atoms with van der Waals surface area (Å²) in [5.41, 5.74) is 3.42. The van der Waals surface area contributed by atoms with E-state index in [4.69, 9.17) is 4.42 Å². The molecule has 180 valence electrons. The minimum Gasteiger partial charge on any atom is -0.468 e. The van der Waals surface area contributed by atoms with Crippen LogP contribution in [0.2, 0.25) is 0 Å². The van der Waals surface area contributed by atoms with Crippen LogP contribution in [0.15, 0.2) is 45.8 Å². The van der Waals surface area contributed by atoms with Crippen LogP contribution in [-0.4, -0.2) is 30.1 Å². The zero-order chi connectivity index (χ0) is 24.6. The quantitative estimate of drug-likeness (QED) is 0.421. The molecule has 0 aliphatic heterocycles. The molecule has 1 aromatic carbocycles. The number of furan rings is 1. The number of pyridine rings is 1. The van der Waals surface area contributed by atoms with Crippen LogP contribution in [0, 0.1) is 19.8 Å². The first-order chi connectivity index (χ1) is 16.1. The van der Waals surface area contributed by atoms with E-state index < -0.39 is 0 Å². The molecule has 8 heteroatoms. The molecule has 0 spiro atoms. The van der Waals surface area contributed by atoms with E-state index >= 15 is 0 Å². The molecule has 34 heavy (non-hydrogen) atoms. The number of aromatic amines is 1. The molecule has 0 radical (unpaired) electrons. The summed E-state index contributed by atoms with van der Waals surface area (Å²) in [5.74, 6) is 1.79. The Morgan fingerprint density at radius 3 is 2.50 bits per heavy atom. The minimum atomic E-state index is -0.280. The van der Waals surface area contributed by atoms with Crippen molar-refractivity contribution in [2.45, 2.75) is 73.1 Å². The largest absolute Gasteiger partial charge is 0.468 e. The number of tetrazole rings is 1. The van der Waals surface area contributed by atoms with Crippen LogP contribution >= 0.6 is 0 Å². The Balaban J connectivity index is 1.82. The van der Waals surface area contributed by atoms with Gasteiger partial charge in [-0.1, -0.05) is 26.0 Å². The third kappa shape index (κ3) is 4.68. The Morgan fingerprint density at radius 2 is 1.85 bits per heavy atom. The molecule has 0 fully saturated rings. The van der Waals surface area contributed by atoms with Gasteiger partial charge in [0, 0.05) is 17.5 Å². The fraction of sp³-hybridized carbons (Fsp3) is 0.462. The molecule has 0 aliphatic rings. The van der Waals surface area contributed by atoms with Gasteiger partial charge in [-0.3, -0.25) is 9.69 Å². The third-order valence-corrected chi connectivity index (χ3v) is 6.25. The number of H-pyrrole nitrogens is 1. The molecule has 8 nitrogen and oxygen atoms in total. The summed E-state index contributed by atoms with van der Waals surface area (Å²) in [7, 11) is 0. The van der Waals surface area contributed by atoms with E-state index in [1.54, 1.807) is 6.26 Å². The zero-order valence-electron chi connectivity index (χ0n) is 21.1. The van der Waals surface area contributed by atoms with Crippen molar-refractivity contribution in [2.24, 2.45) is 5.92 Å². The lowest BCUT2D eigenvalue weighted by atomic mass is 9.98. The highest BCUT2D eigenvalue weighted by Crippen LogP contribution is 2.32. The summed E-state index contributed by atoms with van der Waals surface area (Å²) in [6, 6.07) is 9.86. The Morgan fingerprint density at radius 1 is 1.12 bits per heavy atom. The summed E-state index contributed by atoms with van der Waals surface area (Å²) < 4.78 is 7.58. The maximum atomic E-state index is 13.2. The maximum absolute atomic E-state index is 13.2. The van der Waals surface area contributed by atoms with Crippen molar-refractivity contribution in [3.8, 4) is 0 Å². The normalized spacial score (nSPS) is 13.3. The Labute approximate surface area is 200 Å². The van der Waals surface area contributed by atoms with E-state index in [2.05, 4.69) is 73.0 Å². The topological polar surface area (TPSA) is 92.8 Å². The second-order valence-corrected chi connectivity index (χ2v) is 10.4. The van der Waals surface area contributed by atoms with Crippen molar-refractivity contribution >= 4 is 10.9 Å². The predicted molar refractivity (Wildman–Crippen MR) is 132 cm³/mol. The molecule has 0 saturated heterocycles. The second-order valence-electron chi connectivity index (χ2n) is 10.4. The Kier molecular flexibility index (Phi) is 6.45. The molecule has 1 atom stereocenters. The fourth-order valence-electron chi connectivity index (χ4n) is 4.55. The van der Waals surface area contributed by atoms with Gasteiger partial charge in [0.1, 0.15) is 5.76 Å². The molecule has 0 aliphatic carbocycles. The highest BCUT2D eigenvalue weighted by atomic mass is 16.3. The van der Waals surface area contributed by atoms with E-state index in [1.807, 2.05) is 35.9 Å². The smallest absolute Gasteiger partial charge is 0.252 e. The SMILES string of the molecule is Cc1ccc(C)c2[nH]c(=O)c(CN(Cc3ccco3)[C@@H](c3nnnn3C(C)(C)C)C(C)C)cc12. The van der Waals surface area contributed by atoms with Gasteiger partial charge < -0.3 is 9.40 Å². The standard InChI is InChI=1S/C26H34N6O2/c1-16(2)23(24-28-29-30-32(24)26(5,6)7)31(15-20-9-8-12-34-20)14-19-13-21-17(3)10-11-18(4)22(21)27-25(19)33/h8-13,16,23H,14-15H2,1-7H3,(H,27,33)/t23-/m1/s1. The van der Waals surface area contributed by atoms with Gasteiger partial charge in [0.15, 0.2) is 5.82 Å². The van der Waals surface area contributed by atoms with Crippen molar-refractivity contribution in [3.05, 3.63) is 75.2 Å². The number of hydrogen-bond acceptors (Lipinski definition) is 6. The summed E-state index contributed by atoms with van der Waals surface area (Å²) in [6.07, 6.45) is 1.67. The Bertz CT molecular complexity index is 1330. The zero-order valence-corrected chi connectivity index (χ0v) is 21.1. The number of benzene rings is 1. The second kappa shape index (κ2) is 9.18. The third-order valence-electron chi connectivity index (χ3n) is 6.25. The van der Waals surface area contributed by atoms with Crippen molar-refractivity contribution < 1.29 is 4.42 Å². The molecule has 0 bridgehead atoms. The molecule has 4 aromatic rings. The van der Waals surface area contributed by atoms with Crippen molar-refractivity contribution in [1.29, 1.82) is 0 Å². The molecule has 4 rings (SSSR count). The lowest BCUT2D eigenvalue weighted by molar-refractivity contribution is 0.111. The fourth-order valence-corrected chi connectivity index (χ4v) is 4.55. The molecular weight excluding hydrogens is 428 g/mol. The van der Waals surface area contributed by atoms with Gasteiger partial charge in [0.25, 0.3) is 5.56 Å². The average Bonchev–Trinajstić information content (AvgIpc) is 3.44. The number of rotatable bonds is 7. The Hall–Kier alpha value is -3.26. The lowest BCUT2D eigenvalue weighted by Crippen LogP contribution is -2.37. The molecule has 0 unspecified atom stereocenters. The summed E-state index contributed by atoms with van der Waals surface area (Å²) in [4.78, 5) is 18.5. The van der Waals surface area contributed by atoms with Crippen LogP contribution in [0.5, 0.6) is 0 Å². The number of nitrogens with zero attached hydrogens (tertiary/aromatic N) is 5. The van der Waals surface area contributed by atoms with E-state index in [1.165, 1.54) is 0 Å². The number of fused-ring (bicyclic) bond motifs is 1. The number of nitrogens with one attached hydrogen (secondary N) is 1. The van der Waals surface area contributed by atoms with Crippen molar-refractivity contribution in [2.75, 3.05) is 0 Å². The number of aromatic nitrogens is 5. The summed E-state index contributed by atoms with van der Waals surface area (Å²) in [6.45, 7) is 15.6. The molecule has 3 aromatic heterocycles. The van der Waals surface area contributed by atoms with Gasteiger partial charge in [-0.05, 0) is 80.3 Å². The monoisotopic (exact) mass is 462 g/mol. The first kappa shape index (κ1) is 23.9. The van der Waals surface area contributed by atoms with Crippen LogP contribution in [0.1, 0.15) is 68.9 Å². The first-order valence-corrected chi connectivity index (χ1v) is 11.7. The van der Waals surface area contributed by atoms with Gasteiger partial charge in [0.2, 0.25) is 0 Å². The van der Waals surface area contributed by atoms with Crippen LogP contribution in [0.3, 0.4) is 0 Å². The predicted octanol–water partition coefficient (Wildman–Crippen LogP) is 4.88. The van der Waals surface area contributed by atoms with E-state index in [-0.39, 0.29) is 23.1 Å². The van der Waals surface area contributed by atoms with Crippen LogP contribution in [-0.2, 0) is 18.6 Å². The van der Waals surface area contributed by atoms with Crippen LogP contribution in [0.4, 0.5) is 0 Å². The van der Waals surface area contributed by atoms with Crippen LogP contribution in [0.25, 0.3) is 10.9 Å². The highest BCUT2D eigenvalue weighted by Gasteiger charge is 2.33. The van der Waals surface area contributed by atoms with Crippen LogP contribution < -0.4 is 5.56 Å². The van der Waals surface area contributed by atoms with Gasteiger partial charge in [-0.15, -0.1) is 5.10 Å². The summed E-state index contributed by atoms with van der Waals surface area (Å²) >= 11 is 0. The van der Waals surface area contributed by atoms with Gasteiger partial charge in [0.05, 0.1) is 29.9 Å². The maximum Gasteiger partial charge on any atom is 0.252 e. The van der Waals surface area contributed by atoms with Gasteiger partial charge in [-0.25, -0.2) is 4.68 Å². The van der Waals surface area contributed by atoms with Gasteiger partial charge >= 0.3 is 0 Å². The molecule has 0 saturated carbocycles. The van der Waals surface area contributed by atoms with Crippen molar-refractivity contribution in [1.82, 2.24) is 30.1 Å². The molecule has 0 amide bonds. The van der Waals surface area contributed by atoms with Crippen molar-refractivity contribution in [3.63, 3.8) is 0 Å². The lowest BCUT2D eigenvalue weighted by Gasteiger charge is -2.34. The summed E-state index contributed by atoms with van der Waals surface area (Å²) in [5, 5.41) is 13.8. The highest BCUT2D eigenvalue weighted by molar-refractivity contribution is 5.85. The van der Waals surface area contributed by atoms with E-state index in [9.17, 15) is 4.79 Å². The minimum absolute atomic E-state index is 0.0800.